The summed E-state index contributed by atoms with van der Waals surface area (Å²) in [5, 5.41) is 2.52. The summed E-state index contributed by atoms with van der Waals surface area (Å²) < 4.78 is 77.1. The Bertz CT molecular complexity index is 1110. The molecule has 32 heavy (non-hydrogen) atoms. The maximum absolute atomic E-state index is 13.2. The zero-order chi connectivity index (χ0) is 23.7. The molecule has 0 atom stereocenters. The Labute approximate surface area is 184 Å². The summed E-state index contributed by atoms with van der Waals surface area (Å²) in [6.07, 6.45) is -5.40. The van der Waals surface area contributed by atoms with E-state index in [-0.39, 0.29) is 42.3 Å². The average molecular weight is 472 g/mol. The van der Waals surface area contributed by atoms with Gasteiger partial charge in [0.15, 0.2) is 0 Å². The van der Waals surface area contributed by atoms with E-state index in [9.17, 15) is 26.4 Å². The molecule has 0 unspecified atom stereocenters. The summed E-state index contributed by atoms with van der Waals surface area (Å²) in [4.78, 5) is 11.6. The monoisotopic (exact) mass is 472 g/mol. The number of fused-ring (bicyclic) bond motifs is 1. The van der Waals surface area contributed by atoms with Crippen LogP contribution in [0, 0.1) is 5.41 Å². The molecule has 7 nitrogen and oxygen atoms in total. The van der Waals surface area contributed by atoms with Gasteiger partial charge in [-0.1, -0.05) is 26.8 Å². The predicted molar refractivity (Wildman–Crippen MR) is 112 cm³/mol. The molecule has 3 rings (SSSR count). The van der Waals surface area contributed by atoms with E-state index in [1.807, 2.05) is 20.8 Å². The van der Waals surface area contributed by atoms with Crippen molar-refractivity contribution in [3.05, 3.63) is 48.0 Å². The van der Waals surface area contributed by atoms with Crippen LogP contribution in [0.2, 0.25) is 0 Å². The van der Waals surface area contributed by atoms with Gasteiger partial charge < -0.3 is 9.47 Å². The first-order valence-corrected chi connectivity index (χ1v) is 11.1. The summed E-state index contributed by atoms with van der Waals surface area (Å²) >= 11 is 0. The Morgan fingerprint density at radius 3 is 2.53 bits per heavy atom. The fraction of sp³-hybridized carbons (Fsp3) is 0.381. The second-order valence-electron chi connectivity index (χ2n) is 8.40. The maximum Gasteiger partial charge on any atom is 0.416 e. The largest absolute Gasteiger partial charge is 0.489 e. The van der Waals surface area contributed by atoms with Crippen molar-refractivity contribution in [1.29, 1.82) is 0 Å². The van der Waals surface area contributed by atoms with Gasteiger partial charge in [-0.15, -0.1) is 0 Å². The molecule has 174 valence electrons. The van der Waals surface area contributed by atoms with Crippen molar-refractivity contribution >= 4 is 27.5 Å². The second kappa shape index (κ2) is 8.53. The first-order valence-electron chi connectivity index (χ1n) is 9.68. The number of carbonyl (C=O) groups is 1. The van der Waals surface area contributed by atoms with Crippen molar-refractivity contribution < 1.29 is 35.9 Å². The quantitative estimate of drug-likeness (QED) is 0.685. The molecule has 1 heterocycles. The number of hydrogen-bond donors (Lipinski definition) is 1. The SMILES string of the molecule is CC(C)(C)COC(=O)Nc1ccc2c(c1)N(S(=O)(=O)c1cccc(C(F)(F)F)c1)CCO2. The van der Waals surface area contributed by atoms with Crippen LogP contribution >= 0.6 is 0 Å². The van der Waals surface area contributed by atoms with Crippen LogP contribution in [0.1, 0.15) is 26.3 Å². The molecule has 0 saturated heterocycles. The Balaban J connectivity index is 1.90. The molecule has 2 aromatic rings. The number of anilines is 2. The van der Waals surface area contributed by atoms with Crippen LogP contribution in [-0.2, 0) is 20.9 Å². The van der Waals surface area contributed by atoms with Crippen LogP contribution in [0.5, 0.6) is 5.75 Å². The molecule has 1 N–H and O–H groups in total. The number of sulfonamides is 1. The van der Waals surface area contributed by atoms with E-state index >= 15 is 0 Å². The van der Waals surface area contributed by atoms with Crippen molar-refractivity contribution in [2.45, 2.75) is 31.8 Å². The minimum absolute atomic E-state index is 0.0194. The van der Waals surface area contributed by atoms with Gasteiger partial charge in [0, 0.05) is 5.69 Å². The number of benzene rings is 2. The molecule has 2 aromatic carbocycles. The molecular formula is C21H23F3N2O5S. The van der Waals surface area contributed by atoms with Crippen molar-refractivity contribution in [2.75, 3.05) is 29.4 Å². The number of rotatable bonds is 4. The number of alkyl halides is 3. The van der Waals surface area contributed by atoms with Crippen molar-refractivity contribution in [3.63, 3.8) is 0 Å². The lowest BCUT2D eigenvalue weighted by atomic mass is 9.99. The number of halogens is 3. The number of nitrogens with zero attached hydrogens (tertiary/aromatic N) is 1. The lowest BCUT2D eigenvalue weighted by molar-refractivity contribution is -0.137. The van der Waals surface area contributed by atoms with Gasteiger partial charge in [0.2, 0.25) is 0 Å². The van der Waals surface area contributed by atoms with E-state index < -0.39 is 32.8 Å². The molecule has 11 heteroatoms. The summed E-state index contributed by atoms with van der Waals surface area (Å²) in [5.74, 6) is 0.223. The zero-order valence-electron chi connectivity index (χ0n) is 17.7. The molecule has 0 spiro atoms. The summed E-state index contributed by atoms with van der Waals surface area (Å²) in [5.41, 5.74) is -0.958. The number of hydrogen-bond acceptors (Lipinski definition) is 5. The van der Waals surface area contributed by atoms with Crippen molar-refractivity contribution in [2.24, 2.45) is 5.41 Å². The summed E-state index contributed by atoms with van der Waals surface area (Å²) in [6.45, 7) is 5.77. The molecular weight excluding hydrogens is 449 g/mol. The van der Waals surface area contributed by atoms with E-state index in [1.165, 1.54) is 18.2 Å². The standard InChI is InChI=1S/C21H23F3N2O5S/c1-20(2,3)13-31-19(27)25-15-7-8-18-17(12-15)26(9-10-30-18)32(28,29)16-6-4-5-14(11-16)21(22,23)24/h4-8,11-12H,9-10,13H2,1-3H3,(H,25,27). The molecule has 0 aliphatic carbocycles. The predicted octanol–water partition coefficient (Wildman–Crippen LogP) is 4.89. The third kappa shape index (κ3) is 5.45. The highest BCUT2D eigenvalue weighted by atomic mass is 32.2. The third-order valence-electron chi connectivity index (χ3n) is 4.41. The van der Waals surface area contributed by atoms with Gasteiger partial charge in [0.25, 0.3) is 10.0 Å². The highest BCUT2D eigenvalue weighted by Gasteiger charge is 2.35. The number of nitrogens with one attached hydrogen (secondary N) is 1. The van der Waals surface area contributed by atoms with Gasteiger partial charge in [-0.25, -0.2) is 13.2 Å². The number of ether oxygens (including phenoxy) is 2. The zero-order valence-corrected chi connectivity index (χ0v) is 18.5. The molecule has 0 aromatic heterocycles. The van der Waals surface area contributed by atoms with Gasteiger partial charge in [-0.3, -0.25) is 9.62 Å². The first-order chi connectivity index (χ1) is 14.8. The first kappa shape index (κ1) is 23.7. The van der Waals surface area contributed by atoms with Crippen LogP contribution in [0.4, 0.5) is 29.3 Å². The minimum Gasteiger partial charge on any atom is -0.489 e. The normalized spacial score (nSPS) is 14.4. The Kier molecular flexibility index (Phi) is 6.32. The van der Waals surface area contributed by atoms with Gasteiger partial charge in [-0.2, -0.15) is 13.2 Å². The molecule has 1 aliphatic heterocycles. The molecule has 0 radical (unpaired) electrons. The van der Waals surface area contributed by atoms with E-state index in [4.69, 9.17) is 9.47 Å². The van der Waals surface area contributed by atoms with Crippen LogP contribution in [0.25, 0.3) is 0 Å². The number of carbonyl (C=O) groups excluding carboxylic acids is 1. The second-order valence-corrected chi connectivity index (χ2v) is 10.3. The van der Waals surface area contributed by atoms with E-state index in [2.05, 4.69) is 5.32 Å². The molecule has 1 amide bonds. The van der Waals surface area contributed by atoms with Gasteiger partial charge in [0.05, 0.1) is 29.3 Å². The Hall–Kier alpha value is -2.95. The molecule has 0 saturated carbocycles. The van der Waals surface area contributed by atoms with Crippen LogP contribution in [-0.4, -0.2) is 34.3 Å². The minimum atomic E-state index is -4.68. The Morgan fingerprint density at radius 2 is 1.88 bits per heavy atom. The molecule has 1 aliphatic rings. The summed E-state index contributed by atoms with van der Waals surface area (Å²) in [7, 11) is -4.32. The van der Waals surface area contributed by atoms with Gasteiger partial charge in [-0.05, 0) is 41.8 Å². The number of amides is 1. The van der Waals surface area contributed by atoms with Crippen LogP contribution < -0.4 is 14.4 Å². The van der Waals surface area contributed by atoms with Crippen LogP contribution in [0.3, 0.4) is 0 Å². The third-order valence-corrected chi connectivity index (χ3v) is 6.22. The molecule has 0 fully saturated rings. The maximum atomic E-state index is 13.2. The highest BCUT2D eigenvalue weighted by Crippen LogP contribution is 2.38. The van der Waals surface area contributed by atoms with E-state index in [0.29, 0.717) is 6.07 Å². The van der Waals surface area contributed by atoms with Gasteiger partial charge >= 0.3 is 12.3 Å². The lowest BCUT2D eigenvalue weighted by Gasteiger charge is -2.31. The van der Waals surface area contributed by atoms with E-state index in [1.54, 1.807) is 0 Å². The fourth-order valence-corrected chi connectivity index (χ4v) is 4.41. The average Bonchev–Trinajstić information content (AvgIpc) is 2.71. The Morgan fingerprint density at radius 1 is 1.16 bits per heavy atom. The van der Waals surface area contributed by atoms with Gasteiger partial charge in [0.1, 0.15) is 12.4 Å². The summed E-state index contributed by atoms with van der Waals surface area (Å²) in [6, 6.07) is 7.90. The van der Waals surface area contributed by atoms with Crippen molar-refractivity contribution in [1.82, 2.24) is 0 Å². The lowest BCUT2D eigenvalue weighted by Crippen LogP contribution is -2.38. The smallest absolute Gasteiger partial charge is 0.416 e. The van der Waals surface area contributed by atoms with Crippen molar-refractivity contribution in [3.8, 4) is 5.75 Å². The van der Waals surface area contributed by atoms with Crippen LogP contribution in [0.15, 0.2) is 47.4 Å². The topological polar surface area (TPSA) is 84.9 Å². The fourth-order valence-electron chi connectivity index (χ4n) is 2.92. The highest BCUT2D eigenvalue weighted by molar-refractivity contribution is 7.92. The molecule has 0 bridgehead atoms. The van der Waals surface area contributed by atoms with E-state index in [0.717, 1.165) is 22.5 Å².